The zero-order valence-electron chi connectivity index (χ0n) is 14.9. The van der Waals surface area contributed by atoms with Gasteiger partial charge in [0.15, 0.2) is 5.96 Å². The first-order chi connectivity index (χ1) is 10.5. The number of likely N-dealkylation sites (tertiary alicyclic amines) is 1. The fraction of sp³-hybridized carbons (Fsp3) is 0.706. The van der Waals surface area contributed by atoms with Crippen molar-refractivity contribution in [1.29, 1.82) is 0 Å². The molecule has 3 atom stereocenters. The van der Waals surface area contributed by atoms with Crippen molar-refractivity contribution in [3.63, 3.8) is 0 Å². The molecule has 4 nitrogen and oxygen atoms in total. The molecule has 3 unspecified atom stereocenters. The third-order valence-electron chi connectivity index (χ3n) is 4.60. The summed E-state index contributed by atoms with van der Waals surface area (Å²) in [5.41, 5.74) is 1.40. The number of rotatable bonds is 5. The van der Waals surface area contributed by atoms with Gasteiger partial charge in [-0.15, -0.1) is 24.0 Å². The van der Waals surface area contributed by atoms with Gasteiger partial charge >= 0.3 is 0 Å². The maximum atomic E-state index is 4.39. The molecule has 0 amide bonds. The van der Waals surface area contributed by atoms with Crippen molar-refractivity contribution in [2.45, 2.75) is 45.7 Å². The van der Waals surface area contributed by atoms with E-state index in [2.05, 4.69) is 65.0 Å². The van der Waals surface area contributed by atoms with E-state index in [4.69, 9.17) is 0 Å². The Morgan fingerprint density at radius 1 is 1.39 bits per heavy atom. The molecule has 2 N–H and O–H groups in total. The Hall–Kier alpha value is -0.340. The van der Waals surface area contributed by atoms with Gasteiger partial charge in [-0.05, 0) is 48.1 Å². The van der Waals surface area contributed by atoms with Gasteiger partial charge in [0.1, 0.15) is 0 Å². The molecule has 1 aromatic heterocycles. The Morgan fingerprint density at radius 3 is 2.65 bits per heavy atom. The number of halogens is 1. The molecular weight excluding hydrogens is 419 g/mol. The van der Waals surface area contributed by atoms with Crippen LogP contribution < -0.4 is 10.6 Å². The number of hydrogen-bond donors (Lipinski definition) is 2. The van der Waals surface area contributed by atoms with Crippen LogP contribution in [0.15, 0.2) is 21.8 Å². The summed E-state index contributed by atoms with van der Waals surface area (Å²) < 4.78 is 0. The second kappa shape index (κ2) is 9.84. The van der Waals surface area contributed by atoms with Gasteiger partial charge < -0.3 is 10.6 Å². The van der Waals surface area contributed by atoms with Gasteiger partial charge in [-0.3, -0.25) is 9.89 Å². The Bertz CT molecular complexity index is 475. The number of nitrogens with zero attached hydrogens (tertiary/aromatic N) is 2. The van der Waals surface area contributed by atoms with Gasteiger partial charge in [0.25, 0.3) is 0 Å². The second-order valence-corrected chi connectivity index (χ2v) is 7.47. The predicted molar refractivity (Wildman–Crippen MR) is 112 cm³/mol. The molecule has 2 heterocycles. The monoisotopic (exact) mass is 450 g/mol. The summed E-state index contributed by atoms with van der Waals surface area (Å²) in [6.07, 6.45) is 0. The first-order valence-corrected chi connectivity index (χ1v) is 9.18. The summed E-state index contributed by atoms with van der Waals surface area (Å²) in [6.45, 7) is 12.3. The molecule has 1 aromatic rings. The maximum Gasteiger partial charge on any atom is 0.191 e. The highest BCUT2D eigenvalue weighted by molar-refractivity contribution is 14.0. The number of thiophene rings is 1. The van der Waals surface area contributed by atoms with Gasteiger partial charge in [-0.1, -0.05) is 13.8 Å². The molecule has 0 aliphatic carbocycles. The van der Waals surface area contributed by atoms with Gasteiger partial charge in [0, 0.05) is 38.8 Å². The van der Waals surface area contributed by atoms with Crippen LogP contribution in [0.5, 0.6) is 0 Å². The summed E-state index contributed by atoms with van der Waals surface area (Å²) in [7, 11) is 1.85. The van der Waals surface area contributed by atoms with Gasteiger partial charge in [0.05, 0.1) is 0 Å². The van der Waals surface area contributed by atoms with Gasteiger partial charge in [-0.25, -0.2) is 0 Å². The summed E-state index contributed by atoms with van der Waals surface area (Å²) in [4.78, 5) is 6.92. The molecule has 1 fully saturated rings. The standard InChI is InChI=1S/C17H30N4S.HI/c1-12(2)21-9-14(4)16(10-21)20-17(18-5)19-8-13(3)15-6-7-22-11-15;/h6-7,11-14,16H,8-10H2,1-5H3,(H2,18,19,20);1H. The summed E-state index contributed by atoms with van der Waals surface area (Å²) in [5, 5.41) is 11.4. The SMILES string of the molecule is CN=C(NCC(C)c1ccsc1)NC1CN(C(C)C)CC1C.I. The molecule has 0 spiro atoms. The zero-order chi connectivity index (χ0) is 16.1. The molecule has 0 saturated carbocycles. The summed E-state index contributed by atoms with van der Waals surface area (Å²) in [6, 6.07) is 3.29. The molecule has 2 rings (SSSR count). The number of guanidine groups is 1. The van der Waals surface area contributed by atoms with Crippen molar-refractivity contribution in [3.05, 3.63) is 22.4 Å². The molecular formula is C17H31IN4S. The smallest absolute Gasteiger partial charge is 0.191 e. The lowest BCUT2D eigenvalue weighted by Gasteiger charge is -2.22. The van der Waals surface area contributed by atoms with E-state index in [1.165, 1.54) is 5.56 Å². The van der Waals surface area contributed by atoms with Crippen molar-refractivity contribution in [2.24, 2.45) is 10.9 Å². The van der Waals surface area contributed by atoms with E-state index >= 15 is 0 Å². The Labute approximate surface area is 162 Å². The average Bonchev–Trinajstić information content (AvgIpc) is 3.13. The highest BCUT2D eigenvalue weighted by Crippen LogP contribution is 2.19. The van der Waals surface area contributed by atoms with Crippen LogP contribution in [0.4, 0.5) is 0 Å². The van der Waals surface area contributed by atoms with Crippen LogP contribution in [0.2, 0.25) is 0 Å². The first-order valence-electron chi connectivity index (χ1n) is 8.24. The Balaban J connectivity index is 0.00000264. The fourth-order valence-electron chi connectivity index (χ4n) is 2.91. The molecule has 132 valence electrons. The zero-order valence-corrected chi connectivity index (χ0v) is 18.0. The third kappa shape index (κ3) is 5.90. The molecule has 0 radical (unpaired) electrons. The number of aliphatic imine (C=N–C) groups is 1. The van der Waals surface area contributed by atoms with Crippen LogP contribution in [0.3, 0.4) is 0 Å². The van der Waals surface area contributed by atoms with E-state index in [0.29, 0.717) is 23.9 Å². The minimum absolute atomic E-state index is 0. The topological polar surface area (TPSA) is 39.7 Å². The van der Waals surface area contributed by atoms with E-state index in [1.54, 1.807) is 11.3 Å². The van der Waals surface area contributed by atoms with Crippen molar-refractivity contribution < 1.29 is 0 Å². The molecule has 23 heavy (non-hydrogen) atoms. The maximum absolute atomic E-state index is 4.39. The van der Waals surface area contributed by atoms with Crippen LogP contribution in [0.1, 0.15) is 39.2 Å². The minimum atomic E-state index is 0. The van der Waals surface area contributed by atoms with E-state index in [1.807, 2.05) is 7.05 Å². The molecule has 1 aliphatic rings. The summed E-state index contributed by atoms with van der Waals surface area (Å²) >= 11 is 1.76. The van der Waals surface area contributed by atoms with E-state index < -0.39 is 0 Å². The molecule has 0 aromatic carbocycles. The third-order valence-corrected chi connectivity index (χ3v) is 5.31. The Morgan fingerprint density at radius 2 is 2.13 bits per heavy atom. The van der Waals surface area contributed by atoms with Gasteiger partial charge in [-0.2, -0.15) is 11.3 Å². The lowest BCUT2D eigenvalue weighted by molar-refractivity contribution is 0.265. The largest absolute Gasteiger partial charge is 0.356 e. The second-order valence-electron chi connectivity index (χ2n) is 6.69. The van der Waals surface area contributed by atoms with Crippen molar-refractivity contribution >= 4 is 41.3 Å². The van der Waals surface area contributed by atoms with Crippen LogP contribution in [0.25, 0.3) is 0 Å². The molecule has 1 aliphatic heterocycles. The van der Waals surface area contributed by atoms with Crippen LogP contribution in [-0.4, -0.2) is 49.6 Å². The van der Waals surface area contributed by atoms with E-state index in [-0.39, 0.29) is 24.0 Å². The van der Waals surface area contributed by atoms with Crippen molar-refractivity contribution in [1.82, 2.24) is 15.5 Å². The summed E-state index contributed by atoms with van der Waals surface area (Å²) in [5.74, 6) is 2.07. The fourth-order valence-corrected chi connectivity index (χ4v) is 3.69. The normalized spacial score (nSPS) is 23.7. The first kappa shape index (κ1) is 20.7. The highest BCUT2D eigenvalue weighted by Gasteiger charge is 2.31. The van der Waals surface area contributed by atoms with Crippen LogP contribution in [0, 0.1) is 5.92 Å². The van der Waals surface area contributed by atoms with E-state index in [0.717, 1.165) is 25.6 Å². The molecule has 0 bridgehead atoms. The predicted octanol–water partition coefficient (Wildman–Crippen LogP) is 3.36. The van der Waals surface area contributed by atoms with Crippen molar-refractivity contribution in [2.75, 3.05) is 26.7 Å². The lowest BCUT2D eigenvalue weighted by atomic mass is 10.1. The average molecular weight is 450 g/mol. The highest BCUT2D eigenvalue weighted by atomic mass is 127. The minimum Gasteiger partial charge on any atom is -0.356 e. The molecule has 6 heteroatoms. The van der Waals surface area contributed by atoms with Crippen LogP contribution >= 0.6 is 35.3 Å². The number of hydrogen-bond acceptors (Lipinski definition) is 3. The lowest BCUT2D eigenvalue weighted by Crippen LogP contribution is -2.47. The Kier molecular flexibility index (Phi) is 8.85. The van der Waals surface area contributed by atoms with Crippen molar-refractivity contribution in [3.8, 4) is 0 Å². The molecule has 1 saturated heterocycles. The van der Waals surface area contributed by atoms with Gasteiger partial charge in [0.2, 0.25) is 0 Å². The van der Waals surface area contributed by atoms with E-state index in [9.17, 15) is 0 Å². The van der Waals surface area contributed by atoms with Crippen LogP contribution in [-0.2, 0) is 0 Å². The quantitative estimate of drug-likeness (QED) is 0.411. The number of nitrogens with one attached hydrogen (secondary N) is 2.